The SMILES string of the molecule is COCCCNS(=O)(=O)c1ccc(F)c(F)c1. The molecule has 0 unspecified atom stereocenters. The molecule has 1 aromatic rings. The van der Waals surface area contributed by atoms with Crippen molar-refractivity contribution in [1.82, 2.24) is 4.72 Å². The lowest BCUT2D eigenvalue weighted by Crippen LogP contribution is -2.25. The van der Waals surface area contributed by atoms with Gasteiger partial charge in [-0.25, -0.2) is 21.9 Å². The second-order valence-corrected chi connectivity index (χ2v) is 5.09. The predicted octanol–water partition coefficient (Wildman–Crippen LogP) is 1.28. The van der Waals surface area contributed by atoms with E-state index in [-0.39, 0.29) is 11.4 Å². The zero-order chi connectivity index (χ0) is 12.9. The number of methoxy groups -OCH3 is 1. The van der Waals surface area contributed by atoms with Crippen LogP contribution in [0.4, 0.5) is 8.78 Å². The van der Waals surface area contributed by atoms with Gasteiger partial charge in [-0.1, -0.05) is 0 Å². The summed E-state index contributed by atoms with van der Waals surface area (Å²) >= 11 is 0. The summed E-state index contributed by atoms with van der Waals surface area (Å²) in [5.74, 6) is -2.27. The van der Waals surface area contributed by atoms with Gasteiger partial charge in [-0.2, -0.15) is 0 Å². The van der Waals surface area contributed by atoms with E-state index in [9.17, 15) is 17.2 Å². The molecule has 1 aromatic carbocycles. The summed E-state index contributed by atoms with van der Waals surface area (Å²) in [6.07, 6.45) is 0.499. The Hall–Kier alpha value is -1.05. The summed E-state index contributed by atoms with van der Waals surface area (Å²) in [5.41, 5.74) is 0. The van der Waals surface area contributed by atoms with E-state index in [0.717, 1.165) is 12.1 Å². The van der Waals surface area contributed by atoms with Crippen LogP contribution in [-0.2, 0) is 14.8 Å². The molecule has 0 radical (unpaired) electrons. The van der Waals surface area contributed by atoms with Gasteiger partial charge >= 0.3 is 0 Å². The van der Waals surface area contributed by atoms with Gasteiger partial charge in [0.1, 0.15) is 0 Å². The maximum absolute atomic E-state index is 12.9. The second kappa shape index (κ2) is 6.04. The molecule has 0 bridgehead atoms. The number of benzene rings is 1. The highest BCUT2D eigenvalue weighted by atomic mass is 32.2. The molecular formula is C10H13F2NO3S. The Kier molecular flexibility index (Phi) is 4.98. The summed E-state index contributed by atoms with van der Waals surface area (Å²) in [7, 11) is -2.29. The maximum atomic E-state index is 12.9. The van der Waals surface area contributed by atoms with Gasteiger partial charge in [-0.05, 0) is 24.6 Å². The van der Waals surface area contributed by atoms with Crippen molar-refractivity contribution in [3.05, 3.63) is 29.8 Å². The molecule has 1 N–H and O–H groups in total. The van der Waals surface area contributed by atoms with Gasteiger partial charge in [0, 0.05) is 20.3 Å². The van der Waals surface area contributed by atoms with Crippen LogP contribution in [0.2, 0.25) is 0 Å². The Bertz CT molecular complexity index is 476. The van der Waals surface area contributed by atoms with Crippen LogP contribution in [0.3, 0.4) is 0 Å². The third kappa shape index (κ3) is 4.03. The normalized spacial score (nSPS) is 11.7. The highest BCUT2D eigenvalue weighted by molar-refractivity contribution is 7.89. The van der Waals surface area contributed by atoms with Crippen molar-refractivity contribution in [3.8, 4) is 0 Å². The first-order valence-electron chi connectivity index (χ1n) is 4.91. The number of hydrogen-bond acceptors (Lipinski definition) is 3. The third-order valence-electron chi connectivity index (χ3n) is 2.02. The predicted molar refractivity (Wildman–Crippen MR) is 58.0 cm³/mol. The van der Waals surface area contributed by atoms with Crippen molar-refractivity contribution in [2.24, 2.45) is 0 Å². The first kappa shape index (κ1) is 14.0. The zero-order valence-corrected chi connectivity index (χ0v) is 10.1. The standard InChI is InChI=1S/C10H13F2NO3S/c1-16-6-2-5-13-17(14,15)8-3-4-9(11)10(12)7-8/h3-4,7,13H,2,5-6H2,1H3. The molecule has 7 heteroatoms. The van der Waals surface area contributed by atoms with Crippen molar-refractivity contribution in [1.29, 1.82) is 0 Å². The Morgan fingerprint density at radius 1 is 1.29 bits per heavy atom. The number of rotatable bonds is 6. The minimum Gasteiger partial charge on any atom is -0.385 e. The maximum Gasteiger partial charge on any atom is 0.240 e. The summed E-state index contributed by atoms with van der Waals surface area (Å²) in [5, 5.41) is 0. The van der Waals surface area contributed by atoms with Crippen molar-refractivity contribution in [3.63, 3.8) is 0 Å². The van der Waals surface area contributed by atoms with E-state index >= 15 is 0 Å². The topological polar surface area (TPSA) is 55.4 Å². The number of ether oxygens (including phenoxy) is 1. The molecule has 1 rings (SSSR count). The van der Waals surface area contributed by atoms with Crippen LogP contribution in [0.5, 0.6) is 0 Å². The molecule has 0 aliphatic rings. The number of sulfonamides is 1. The molecule has 0 heterocycles. The molecule has 4 nitrogen and oxygen atoms in total. The van der Waals surface area contributed by atoms with Crippen LogP contribution in [-0.4, -0.2) is 28.7 Å². The van der Waals surface area contributed by atoms with Gasteiger partial charge in [0.2, 0.25) is 10.0 Å². The lowest BCUT2D eigenvalue weighted by atomic mass is 10.3. The molecule has 0 fully saturated rings. The van der Waals surface area contributed by atoms with Gasteiger partial charge in [0.15, 0.2) is 11.6 Å². The first-order chi connectivity index (χ1) is 7.97. The summed E-state index contributed by atoms with van der Waals surface area (Å²) in [6.45, 7) is 0.593. The third-order valence-corrected chi connectivity index (χ3v) is 3.48. The first-order valence-corrected chi connectivity index (χ1v) is 6.39. The summed E-state index contributed by atoms with van der Waals surface area (Å²) in [6, 6.07) is 2.43. The number of nitrogens with one attached hydrogen (secondary N) is 1. The molecule has 0 spiro atoms. The van der Waals surface area contributed by atoms with E-state index < -0.39 is 21.7 Å². The minimum absolute atomic E-state index is 0.176. The molecule has 96 valence electrons. The fourth-order valence-corrected chi connectivity index (χ4v) is 2.24. The van der Waals surface area contributed by atoms with Crippen LogP contribution in [0.15, 0.2) is 23.1 Å². The lowest BCUT2D eigenvalue weighted by molar-refractivity contribution is 0.196. The monoisotopic (exact) mass is 265 g/mol. The number of halogens is 2. The van der Waals surface area contributed by atoms with Crippen molar-refractivity contribution >= 4 is 10.0 Å². The summed E-state index contributed by atoms with van der Waals surface area (Å²) < 4.78 is 55.7. The molecule has 0 saturated heterocycles. The van der Waals surface area contributed by atoms with Crippen molar-refractivity contribution in [2.75, 3.05) is 20.3 Å². The van der Waals surface area contributed by atoms with Gasteiger partial charge in [0.05, 0.1) is 4.90 Å². The molecule has 17 heavy (non-hydrogen) atoms. The second-order valence-electron chi connectivity index (χ2n) is 3.32. The van der Waals surface area contributed by atoms with E-state index in [1.54, 1.807) is 0 Å². The largest absolute Gasteiger partial charge is 0.385 e. The molecule has 0 aliphatic carbocycles. The average molecular weight is 265 g/mol. The van der Waals surface area contributed by atoms with Crippen LogP contribution in [0.1, 0.15) is 6.42 Å². The smallest absolute Gasteiger partial charge is 0.240 e. The van der Waals surface area contributed by atoms with E-state index in [1.165, 1.54) is 7.11 Å². The Morgan fingerprint density at radius 3 is 2.59 bits per heavy atom. The van der Waals surface area contributed by atoms with Crippen LogP contribution in [0.25, 0.3) is 0 Å². The molecule has 0 aromatic heterocycles. The van der Waals surface area contributed by atoms with E-state index in [2.05, 4.69) is 4.72 Å². The van der Waals surface area contributed by atoms with Crippen LogP contribution < -0.4 is 4.72 Å². The molecule has 0 amide bonds. The fourth-order valence-electron chi connectivity index (χ4n) is 1.15. The molecular weight excluding hydrogens is 252 g/mol. The Labute approximate surface area is 98.6 Å². The minimum atomic E-state index is -3.79. The Morgan fingerprint density at radius 2 is 2.00 bits per heavy atom. The fraction of sp³-hybridized carbons (Fsp3) is 0.400. The van der Waals surface area contributed by atoms with Gasteiger partial charge in [-0.3, -0.25) is 0 Å². The van der Waals surface area contributed by atoms with Crippen LogP contribution >= 0.6 is 0 Å². The zero-order valence-electron chi connectivity index (χ0n) is 9.24. The van der Waals surface area contributed by atoms with Gasteiger partial charge < -0.3 is 4.74 Å². The lowest BCUT2D eigenvalue weighted by Gasteiger charge is -2.06. The van der Waals surface area contributed by atoms with Gasteiger partial charge in [0.25, 0.3) is 0 Å². The summed E-state index contributed by atoms with van der Waals surface area (Å²) in [4.78, 5) is -0.297. The molecule has 0 aliphatic heterocycles. The molecule has 0 saturated carbocycles. The quantitative estimate of drug-likeness (QED) is 0.788. The molecule has 0 atom stereocenters. The van der Waals surface area contributed by atoms with Crippen LogP contribution in [0, 0.1) is 11.6 Å². The highest BCUT2D eigenvalue weighted by Crippen LogP contribution is 2.13. The average Bonchev–Trinajstić information content (AvgIpc) is 2.28. The Balaban J connectivity index is 2.72. The van der Waals surface area contributed by atoms with Crippen molar-refractivity contribution in [2.45, 2.75) is 11.3 Å². The van der Waals surface area contributed by atoms with E-state index in [1.807, 2.05) is 0 Å². The van der Waals surface area contributed by atoms with Crippen molar-refractivity contribution < 1.29 is 21.9 Å². The van der Waals surface area contributed by atoms with Gasteiger partial charge in [-0.15, -0.1) is 0 Å². The van der Waals surface area contributed by atoms with E-state index in [4.69, 9.17) is 4.74 Å². The highest BCUT2D eigenvalue weighted by Gasteiger charge is 2.15. The van der Waals surface area contributed by atoms with E-state index in [0.29, 0.717) is 19.1 Å². The number of hydrogen-bond donors (Lipinski definition) is 1.